The first-order valence-electron chi connectivity index (χ1n) is 4.25. The molecule has 0 unspecified atom stereocenters. The van der Waals surface area contributed by atoms with Crippen LogP contribution in [-0.2, 0) is 5.54 Å². The highest BCUT2D eigenvalue weighted by Crippen LogP contribution is 2.20. The lowest BCUT2D eigenvalue weighted by molar-refractivity contribution is 0.238. The molecule has 0 aromatic heterocycles. The minimum atomic E-state index is -0.659. The summed E-state index contributed by atoms with van der Waals surface area (Å²) in [6.07, 6.45) is 0. The summed E-state index contributed by atoms with van der Waals surface area (Å²) in [5.74, 6) is -0.332. The van der Waals surface area contributed by atoms with Gasteiger partial charge in [0.2, 0.25) is 0 Å². The van der Waals surface area contributed by atoms with E-state index >= 15 is 0 Å². The van der Waals surface area contributed by atoms with E-state index in [9.17, 15) is 9.18 Å². The Labute approximate surface area is 82.1 Å². The van der Waals surface area contributed by atoms with Crippen molar-refractivity contribution in [2.24, 2.45) is 5.73 Å². The molecule has 1 rings (SSSR count). The molecule has 0 aliphatic heterocycles. The number of carbonyl (C=O) groups is 1. The predicted molar refractivity (Wildman–Crippen MR) is 52.1 cm³/mol. The van der Waals surface area contributed by atoms with Gasteiger partial charge in [0.1, 0.15) is 5.82 Å². The molecule has 0 spiro atoms. The number of rotatable bonds is 2. The molecule has 0 aliphatic carbocycles. The minimum absolute atomic E-state index is 0.332. The van der Waals surface area contributed by atoms with Crippen LogP contribution in [0.1, 0.15) is 19.4 Å². The number of urea groups is 1. The van der Waals surface area contributed by atoms with Crippen molar-refractivity contribution < 1.29 is 9.18 Å². The van der Waals surface area contributed by atoms with Gasteiger partial charge in [-0.25, -0.2) is 9.18 Å². The third-order valence-electron chi connectivity index (χ3n) is 1.98. The van der Waals surface area contributed by atoms with Gasteiger partial charge >= 0.3 is 6.03 Å². The molecule has 0 aliphatic rings. The number of carbonyl (C=O) groups excluding carboxylic acids is 1. The normalized spacial score (nSPS) is 11.1. The maximum atomic E-state index is 12.9. The second-order valence-corrected chi connectivity index (χ2v) is 3.62. The SMILES string of the molecule is CC(C)(NC(N)=O)c1cccc(F)c1. The molecular formula is C10H13FN2O. The maximum Gasteiger partial charge on any atom is 0.312 e. The number of hydrogen-bond acceptors (Lipinski definition) is 1. The van der Waals surface area contributed by atoms with Crippen LogP contribution < -0.4 is 11.1 Å². The Bertz CT molecular complexity index is 350. The van der Waals surface area contributed by atoms with Crippen molar-refractivity contribution in [3.63, 3.8) is 0 Å². The van der Waals surface area contributed by atoms with Gasteiger partial charge in [-0.15, -0.1) is 0 Å². The van der Waals surface area contributed by atoms with Gasteiger partial charge in [0.25, 0.3) is 0 Å². The molecule has 1 aromatic rings. The van der Waals surface area contributed by atoms with E-state index < -0.39 is 11.6 Å². The van der Waals surface area contributed by atoms with Crippen LogP contribution in [0.25, 0.3) is 0 Å². The Morgan fingerprint density at radius 1 is 1.50 bits per heavy atom. The summed E-state index contributed by atoms with van der Waals surface area (Å²) in [5.41, 5.74) is 5.03. The number of amides is 2. The molecule has 1 aromatic carbocycles. The monoisotopic (exact) mass is 196 g/mol. The maximum absolute atomic E-state index is 12.9. The van der Waals surface area contributed by atoms with Gasteiger partial charge in [-0.05, 0) is 31.5 Å². The zero-order valence-corrected chi connectivity index (χ0v) is 8.17. The highest BCUT2D eigenvalue weighted by Gasteiger charge is 2.21. The second kappa shape index (κ2) is 3.65. The van der Waals surface area contributed by atoms with Crippen molar-refractivity contribution in [3.05, 3.63) is 35.6 Å². The molecule has 0 atom stereocenters. The van der Waals surface area contributed by atoms with Crippen molar-refractivity contribution in [2.75, 3.05) is 0 Å². The Morgan fingerprint density at radius 3 is 2.64 bits per heavy atom. The first-order chi connectivity index (χ1) is 6.42. The predicted octanol–water partition coefficient (Wildman–Crippen LogP) is 1.73. The lowest BCUT2D eigenvalue weighted by atomic mass is 9.94. The zero-order valence-electron chi connectivity index (χ0n) is 8.17. The Hall–Kier alpha value is -1.58. The van der Waals surface area contributed by atoms with Crippen molar-refractivity contribution in [3.8, 4) is 0 Å². The molecule has 3 nitrogen and oxygen atoms in total. The van der Waals surface area contributed by atoms with Gasteiger partial charge in [-0.2, -0.15) is 0 Å². The van der Waals surface area contributed by atoms with E-state index in [1.807, 2.05) is 0 Å². The Morgan fingerprint density at radius 2 is 2.14 bits per heavy atom. The van der Waals surface area contributed by atoms with Gasteiger partial charge < -0.3 is 11.1 Å². The average Bonchev–Trinajstić information content (AvgIpc) is 2.01. The van der Waals surface area contributed by atoms with Crippen LogP contribution in [0.5, 0.6) is 0 Å². The summed E-state index contributed by atoms with van der Waals surface area (Å²) >= 11 is 0. The molecule has 76 valence electrons. The van der Waals surface area contributed by atoms with Gasteiger partial charge in [0.05, 0.1) is 5.54 Å². The smallest absolute Gasteiger partial charge is 0.312 e. The molecule has 0 saturated heterocycles. The Balaban J connectivity index is 2.97. The van der Waals surface area contributed by atoms with Crippen molar-refractivity contribution in [2.45, 2.75) is 19.4 Å². The largest absolute Gasteiger partial charge is 0.352 e. The van der Waals surface area contributed by atoms with Crippen LogP contribution in [0.3, 0.4) is 0 Å². The van der Waals surface area contributed by atoms with E-state index in [0.29, 0.717) is 5.56 Å². The van der Waals surface area contributed by atoms with Crippen molar-refractivity contribution in [1.82, 2.24) is 5.32 Å². The van der Waals surface area contributed by atoms with Crippen LogP contribution in [0.2, 0.25) is 0 Å². The molecule has 0 bridgehead atoms. The molecule has 4 heteroatoms. The van der Waals surface area contributed by atoms with Crippen molar-refractivity contribution >= 4 is 6.03 Å². The van der Waals surface area contributed by atoms with E-state index in [2.05, 4.69) is 5.32 Å². The Kier molecular flexibility index (Phi) is 2.74. The number of nitrogens with one attached hydrogen (secondary N) is 1. The summed E-state index contributed by atoms with van der Waals surface area (Å²) in [6.45, 7) is 3.51. The number of halogens is 1. The fraction of sp³-hybridized carbons (Fsp3) is 0.300. The number of benzene rings is 1. The zero-order chi connectivity index (χ0) is 10.8. The van der Waals surface area contributed by atoms with E-state index in [1.165, 1.54) is 12.1 Å². The summed E-state index contributed by atoms with van der Waals surface area (Å²) in [4.78, 5) is 10.7. The lowest BCUT2D eigenvalue weighted by Gasteiger charge is -2.25. The van der Waals surface area contributed by atoms with Crippen LogP contribution >= 0.6 is 0 Å². The first kappa shape index (κ1) is 10.5. The van der Waals surface area contributed by atoms with E-state index in [-0.39, 0.29) is 5.82 Å². The van der Waals surface area contributed by atoms with Gasteiger partial charge in [-0.1, -0.05) is 12.1 Å². The van der Waals surface area contributed by atoms with Gasteiger partial charge in [0, 0.05) is 0 Å². The summed E-state index contributed by atoms with van der Waals surface area (Å²) in [6, 6.07) is 5.42. The highest BCUT2D eigenvalue weighted by atomic mass is 19.1. The van der Waals surface area contributed by atoms with E-state index in [0.717, 1.165) is 0 Å². The third kappa shape index (κ3) is 2.45. The number of hydrogen-bond donors (Lipinski definition) is 2. The lowest BCUT2D eigenvalue weighted by Crippen LogP contribution is -2.43. The number of primary amides is 1. The average molecular weight is 196 g/mol. The first-order valence-corrected chi connectivity index (χ1v) is 4.25. The molecular weight excluding hydrogens is 183 g/mol. The topological polar surface area (TPSA) is 55.1 Å². The summed E-state index contributed by atoms with van der Waals surface area (Å²) in [5, 5.41) is 2.53. The molecule has 0 fully saturated rings. The van der Waals surface area contributed by atoms with Crippen LogP contribution in [0.15, 0.2) is 24.3 Å². The highest BCUT2D eigenvalue weighted by molar-refractivity contribution is 5.72. The van der Waals surface area contributed by atoms with Crippen molar-refractivity contribution in [1.29, 1.82) is 0 Å². The molecule has 14 heavy (non-hydrogen) atoms. The molecule has 0 heterocycles. The molecule has 0 saturated carbocycles. The van der Waals surface area contributed by atoms with Crippen LogP contribution in [0.4, 0.5) is 9.18 Å². The van der Waals surface area contributed by atoms with Crippen LogP contribution in [-0.4, -0.2) is 6.03 Å². The standard InChI is InChI=1S/C10H13FN2O/c1-10(2,13-9(12)14)7-4-3-5-8(11)6-7/h3-6H,1-2H3,(H3,12,13,14). The summed E-state index contributed by atoms with van der Waals surface area (Å²) < 4.78 is 12.9. The molecule has 0 radical (unpaired) electrons. The van der Waals surface area contributed by atoms with E-state index in [4.69, 9.17) is 5.73 Å². The minimum Gasteiger partial charge on any atom is -0.352 e. The third-order valence-corrected chi connectivity index (χ3v) is 1.98. The van der Waals surface area contributed by atoms with Crippen LogP contribution in [0, 0.1) is 5.82 Å². The molecule has 2 amide bonds. The second-order valence-electron chi connectivity index (χ2n) is 3.62. The van der Waals surface area contributed by atoms with Gasteiger partial charge in [0.15, 0.2) is 0 Å². The fourth-order valence-electron chi connectivity index (χ4n) is 1.26. The fourth-order valence-corrected chi connectivity index (χ4v) is 1.26. The van der Waals surface area contributed by atoms with Gasteiger partial charge in [-0.3, -0.25) is 0 Å². The number of nitrogens with two attached hydrogens (primary N) is 1. The summed E-state index contributed by atoms with van der Waals surface area (Å²) in [7, 11) is 0. The van der Waals surface area contributed by atoms with E-state index in [1.54, 1.807) is 26.0 Å². The quantitative estimate of drug-likeness (QED) is 0.743. The molecule has 3 N–H and O–H groups in total.